The van der Waals surface area contributed by atoms with Crippen molar-refractivity contribution in [2.75, 3.05) is 31.1 Å². The molecule has 1 saturated heterocycles. The van der Waals surface area contributed by atoms with Crippen LogP contribution in [0.25, 0.3) is 0 Å². The summed E-state index contributed by atoms with van der Waals surface area (Å²) >= 11 is 0. The third kappa shape index (κ3) is 2.69. The van der Waals surface area contributed by atoms with Gasteiger partial charge in [-0.15, -0.1) is 0 Å². The second kappa shape index (κ2) is 4.52. The summed E-state index contributed by atoms with van der Waals surface area (Å²) in [5.74, 6) is 0.0459. The average Bonchev–Trinajstić information content (AvgIpc) is 2.29. The number of alkyl halides is 3. The van der Waals surface area contributed by atoms with E-state index in [1.807, 2.05) is 0 Å². The Morgan fingerprint density at radius 2 is 1.94 bits per heavy atom. The van der Waals surface area contributed by atoms with Gasteiger partial charge >= 0.3 is 6.18 Å². The molecule has 0 unspecified atom stereocenters. The molecule has 3 nitrogen and oxygen atoms in total. The number of nitrogens with one attached hydrogen (secondary N) is 1. The summed E-state index contributed by atoms with van der Waals surface area (Å²) in [5, 5.41) is 3.10. The number of halogens is 3. The van der Waals surface area contributed by atoms with Crippen molar-refractivity contribution in [1.82, 2.24) is 10.3 Å². The van der Waals surface area contributed by atoms with Gasteiger partial charge in [-0.3, -0.25) is 0 Å². The van der Waals surface area contributed by atoms with Crippen molar-refractivity contribution in [2.45, 2.75) is 13.1 Å². The number of nitrogens with zero attached hydrogens (tertiary/aromatic N) is 2. The van der Waals surface area contributed by atoms with E-state index in [9.17, 15) is 13.2 Å². The normalized spacial score (nSPS) is 17.3. The molecule has 17 heavy (non-hydrogen) atoms. The minimum atomic E-state index is -4.35. The maximum atomic E-state index is 12.9. The molecule has 1 aliphatic heterocycles. The van der Waals surface area contributed by atoms with E-state index in [0.29, 0.717) is 31.7 Å². The first-order valence-electron chi connectivity index (χ1n) is 5.48. The molecular formula is C11H14F3N3. The van der Waals surface area contributed by atoms with Gasteiger partial charge in [-0.25, -0.2) is 4.98 Å². The number of aromatic nitrogens is 1. The fourth-order valence-corrected chi connectivity index (χ4v) is 1.90. The van der Waals surface area contributed by atoms with Crippen molar-refractivity contribution in [1.29, 1.82) is 0 Å². The molecule has 1 aromatic heterocycles. The summed E-state index contributed by atoms with van der Waals surface area (Å²) in [6.45, 7) is 4.10. The highest BCUT2D eigenvalue weighted by atomic mass is 19.4. The van der Waals surface area contributed by atoms with Gasteiger partial charge in [-0.05, 0) is 18.6 Å². The molecule has 0 aliphatic carbocycles. The zero-order valence-corrected chi connectivity index (χ0v) is 9.51. The van der Waals surface area contributed by atoms with E-state index in [1.54, 1.807) is 11.8 Å². The Bertz CT molecular complexity index is 397. The minimum absolute atomic E-state index is 0.0459. The zero-order valence-electron chi connectivity index (χ0n) is 9.51. The standard InChI is InChI=1S/C11H14F3N3/c1-8-6-9(11(12,13)14)10(16-7-8)17-4-2-15-3-5-17/h6-7,15H,2-5H2,1H3. The number of anilines is 1. The number of aryl methyl sites for hydroxylation is 1. The molecule has 94 valence electrons. The molecule has 0 bridgehead atoms. The van der Waals surface area contributed by atoms with Crippen LogP contribution in [0.2, 0.25) is 0 Å². The largest absolute Gasteiger partial charge is 0.419 e. The number of piperazine rings is 1. The third-order valence-electron chi connectivity index (χ3n) is 2.73. The highest BCUT2D eigenvalue weighted by molar-refractivity contribution is 5.50. The van der Waals surface area contributed by atoms with Crippen molar-refractivity contribution < 1.29 is 13.2 Å². The van der Waals surface area contributed by atoms with E-state index in [0.717, 1.165) is 6.07 Å². The second-order valence-electron chi connectivity index (χ2n) is 4.12. The molecule has 1 aromatic rings. The summed E-state index contributed by atoms with van der Waals surface area (Å²) in [7, 11) is 0. The Morgan fingerprint density at radius 1 is 1.29 bits per heavy atom. The van der Waals surface area contributed by atoms with E-state index in [-0.39, 0.29) is 5.82 Å². The van der Waals surface area contributed by atoms with Crippen LogP contribution in [0.1, 0.15) is 11.1 Å². The van der Waals surface area contributed by atoms with Gasteiger partial charge in [0.2, 0.25) is 0 Å². The van der Waals surface area contributed by atoms with Gasteiger partial charge < -0.3 is 10.2 Å². The fraction of sp³-hybridized carbons (Fsp3) is 0.545. The van der Waals surface area contributed by atoms with Crippen LogP contribution in [0.5, 0.6) is 0 Å². The first-order chi connectivity index (χ1) is 7.98. The predicted octanol–water partition coefficient (Wildman–Crippen LogP) is 1.82. The lowest BCUT2D eigenvalue weighted by molar-refractivity contribution is -0.137. The molecule has 2 rings (SSSR count). The van der Waals surface area contributed by atoms with Crippen LogP contribution in [-0.4, -0.2) is 31.2 Å². The fourth-order valence-electron chi connectivity index (χ4n) is 1.90. The molecule has 2 heterocycles. The Balaban J connectivity index is 2.38. The van der Waals surface area contributed by atoms with Gasteiger partial charge in [-0.1, -0.05) is 0 Å². The molecule has 1 aliphatic rings. The first-order valence-corrected chi connectivity index (χ1v) is 5.48. The van der Waals surface area contributed by atoms with E-state index < -0.39 is 11.7 Å². The Hall–Kier alpha value is -1.30. The van der Waals surface area contributed by atoms with Crippen molar-refractivity contribution in [3.63, 3.8) is 0 Å². The van der Waals surface area contributed by atoms with Crippen molar-refractivity contribution in [2.24, 2.45) is 0 Å². The molecule has 0 saturated carbocycles. The monoisotopic (exact) mass is 245 g/mol. The molecule has 0 amide bonds. The van der Waals surface area contributed by atoms with Gasteiger partial charge in [0.15, 0.2) is 0 Å². The number of pyridine rings is 1. The summed E-state index contributed by atoms with van der Waals surface area (Å²) in [5.41, 5.74) is -0.115. The average molecular weight is 245 g/mol. The van der Waals surface area contributed by atoms with Gasteiger partial charge in [0.25, 0.3) is 0 Å². The Morgan fingerprint density at radius 3 is 2.53 bits per heavy atom. The smallest absolute Gasteiger partial charge is 0.354 e. The van der Waals surface area contributed by atoms with E-state index in [4.69, 9.17) is 0 Å². The van der Waals surface area contributed by atoms with E-state index in [1.165, 1.54) is 6.20 Å². The van der Waals surface area contributed by atoms with E-state index >= 15 is 0 Å². The topological polar surface area (TPSA) is 28.2 Å². The lowest BCUT2D eigenvalue weighted by Gasteiger charge is -2.30. The Labute approximate surface area is 97.6 Å². The summed E-state index contributed by atoms with van der Waals surface area (Å²) in [6.07, 6.45) is -2.87. The highest BCUT2D eigenvalue weighted by Crippen LogP contribution is 2.35. The van der Waals surface area contributed by atoms with Gasteiger partial charge in [-0.2, -0.15) is 13.2 Å². The maximum Gasteiger partial charge on any atom is 0.419 e. The van der Waals surface area contributed by atoms with E-state index in [2.05, 4.69) is 10.3 Å². The molecule has 1 fully saturated rings. The van der Waals surface area contributed by atoms with Crippen molar-refractivity contribution in [3.8, 4) is 0 Å². The number of hydrogen-bond donors (Lipinski definition) is 1. The van der Waals surface area contributed by atoms with Crippen LogP contribution in [0.15, 0.2) is 12.3 Å². The number of rotatable bonds is 1. The van der Waals surface area contributed by atoms with Crippen molar-refractivity contribution >= 4 is 5.82 Å². The van der Waals surface area contributed by atoms with Crippen LogP contribution >= 0.6 is 0 Å². The molecule has 0 atom stereocenters. The maximum absolute atomic E-state index is 12.9. The highest BCUT2D eigenvalue weighted by Gasteiger charge is 2.36. The molecule has 0 spiro atoms. The van der Waals surface area contributed by atoms with Gasteiger partial charge in [0, 0.05) is 32.4 Å². The van der Waals surface area contributed by atoms with Crippen LogP contribution in [-0.2, 0) is 6.18 Å². The quantitative estimate of drug-likeness (QED) is 0.818. The molecular weight excluding hydrogens is 231 g/mol. The molecule has 0 radical (unpaired) electrons. The Kier molecular flexibility index (Phi) is 3.24. The minimum Gasteiger partial charge on any atom is -0.354 e. The summed E-state index contributed by atoms with van der Waals surface area (Å²) in [6, 6.07) is 1.16. The van der Waals surface area contributed by atoms with Crippen LogP contribution in [0, 0.1) is 6.92 Å². The van der Waals surface area contributed by atoms with Gasteiger partial charge in [0.05, 0.1) is 5.56 Å². The SMILES string of the molecule is Cc1cnc(N2CCNCC2)c(C(F)(F)F)c1. The summed E-state index contributed by atoms with van der Waals surface area (Å²) < 4.78 is 38.7. The van der Waals surface area contributed by atoms with Crippen LogP contribution in [0.4, 0.5) is 19.0 Å². The molecule has 6 heteroatoms. The predicted molar refractivity (Wildman–Crippen MR) is 59.1 cm³/mol. The summed E-state index contributed by atoms with van der Waals surface area (Å²) in [4.78, 5) is 5.63. The first kappa shape index (κ1) is 12.2. The van der Waals surface area contributed by atoms with Crippen molar-refractivity contribution in [3.05, 3.63) is 23.4 Å². The lowest BCUT2D eigenvalue weighted by atomic mass is 10.1. The third-order valence-corrected chi connectivity index (χ3v) is 2.73. The zero-order chi connectivity index (χ0) is 12.5. The molecule has 0 aromatic carbocycles. The molecule has 1 N–H and O–H groups in total. The lowest BCUT2D eigenvalue weighted by Crippen LogP contribution is -2.44. The van der Waals surface area contributed by atoms with Crippen LogP contribution in [0.3, 0.4) is 0 Å². The van der Waals surface area contributed by atoms with Gasteiger partial charge in [0.1, 0.15) is 5.82 Å². The van der Waals surface area contributed by atoms with Crippen LogP contribution < -0.4 is 10.2 Å². The second-order valence-corrected chi connectivity index (χ2v) is 4.12. The number of hydrogen-bond acceptors (Lipinski definition) is 3.